The molecule has 1 amide bonds. The first kappa shape index (κ1) is 38.7. The highest BCUT2D eigenvalue weighted by Crippen LogP contribution is 2.30. The number of likely N-dealkylation sites (N-methyl/N-ethyl adjacent to an activating group) is 1. The Labute approximate surface area is 300 Å². The van der Waals surface area contributed by atoms with Gasteiger partial charge in [-0.25, -0.2) is 8.42 Å². The number of aliphatic hydroxyl groups excluding tert-OH is 1. The van der Waals surface area contributed by atoms with Gasteiger partial charge in [-0.2, -0.15) is 0 Å². The van der Waals surface area contributed by atoms with E-state index in [2.05, 4.69) is 9.62 Å². The molecular weight excluding hydrogens is 689 g/mol. The number of amides is 1. The highest BCUT2D eigenvalue weighted by Gasteiger charge is 2.31. The van der Waals surface area contributed by atoms with E-state index < -0.39 is 16.1 Å². The lowest BCUT2D eigenvalue weighted by atomic mass is 10.0. The smallest absolute Gasteiger partial charge is 0.261 e. The maximum atomic E-state index is 14.4. The number of carbonyl (C=O) groups is 1. The van der Waals surface area contributed by atoms with Crippen LogP contribution in [0, 0.1) is 5.92 Å². The normalized spacial score (nSPS) is 20.2. The monoisotopic (exact) mass is 735 g/mol. The van der Waals surface area contributed by atoms with Crippen molar-refractivity contribution in [3.05, 3.63) is 81.8 Å². The molecular formula is C36H47Cl2N3O7S. The Hall–Kier alpha value is -3.06. The van der Waals surface area contributed by atoms with Gasteiger partial charge >= 0.3 is 0 Å². The summed E-state index contributed by atoms with van der Waals surface area (Å²) < 4.78 is 47.0. The maximum absolute atomic E-state index is 14.4. The van der Waals surface area contributed by atoms with Gasteiger partial charge in [0.05, 0.1) is 52.5 Å². The lowest BCUT2D eigenvalue weighted by molar-refractivity contribution is -0.0177. The topological polar surface area (TPSA) is 118 Å². The number of benzene rings is 3. The fourth-order valence-electron chi connectivity index (χ4n) is 5.74. The molecule has 4 rings (SSSR count). The average molecular weight is 737 g/mol. The zero-order chi connectivity index (χ0) is 35.7. The number of aliphatic hydroxyl groups is 1. The zero-order valence-corrected chi connectivity index (χ0v) is 31.0. The van der Waals surface area contributed by atoms with E-state index in [1.807, 2.05) is 33.0 Å². The van der Waals surface area contributed by atoms with Gasteiger partial charge in [-0.05, 0) is 100 Å². The van der Waals surface area contributed by atoms with Gasteiger partial charge in [0.1, 0.15) is 11.5 Å². The second-order valence-electron chi connectivity index (χ2n) is 12.7. The van der Waals surface area contributed by atoms with E-state index in [1.165, 1.54) is 25.3 Å². The lowest BCUT2D eigenvalue weighted by Gasteiger charge is -2.36. The van der Waals surface area contributed by atoms with E-state index in [9.17, 15) is 18.3 Å². The molecule has 1 heterocycles. The molecule has 0 fully saturated rings. The molecule has 0 radical (unpaired) electrons. The summed E-state index contributed by atoms with van der Waals surface area (Å²) in [5, 5.41) is 11.3. The number of methoxy groups -OCH3 is 1. The van der Waals surface area contributed by atoms with Gasteiger partial charge in [-0.15, -0.1) is 0 Å². The number of halogens is 2. The van der Waals surface area contributed by atoms with Gasteiger partial charge in [0, 0.05) is 37.8 Å². The molecule has 1 aliphatic heterocycles. The van der Waals surface area contributed by atoms with Gasteiger partial charge in [-0.1, -0.05) is 36.2 Å². The Morgan fingerprint density at radius 1 is 1.06 bits per heavy atom. The van der Waals surface area contributed by atoms with Crippen LogP contribution < -0.4 is 14.2 Å². The standard InChI is InChI=1S/C36H47Cl2N3O7S/c1-24-20-41(25(2)23-42)36(43)31-19-28(39-49(44,45)30-13-11-29(46-5)12-14-30)10-16-34(31)48-26(3)8-6-7-17-47-35(24)22-40(4)21-27-9-15-32(37)33(38)18-27/h9-16,18-19,24-26,35,39,42H,6-8,17,20-23H2,1-5H3/t24-,25-,26+,35-/m0/s1. The molecule has 2 N–H and O–H groups in total. The highest BCUT2D eigenvalue weighted by molar-refractivity contribution is 7.92. The molecule has 0 unspecified atom stereocenters. The Balaban J connectivity index is 1.63. The molecule has 0 aromatic heterocycles. The molecule has 4 atom stereocenters. The van der Waals surface area contributed by atoms with Gasteiger partial charge in [0.2, 0.25) is 0 Å². The second-order valence-corrected chi connectivity index (χ2v) is 15.2. The zero-order valence-electron chi connectivity index (χ0n) is 28.7. The number of carbonyl (C=O) groups excluding carboxylic acids is 1. The van der Waals surface area contributed by atoms with Crippen molar-refractivity contribution in [1.82, 2.24) is 9.80 Å². The summed E-state index contributed by atoms with van der Waals surface area (Å²) in [4.78, 5) is 18.2. The van der Waals surface area contributed by atoms with Crippen LogP contribution in [0.25, 0.3) is 0 Å². The Bertz CT molecular complexity index is 1660. The summed E-state index contributed by atoms with van der Waals surface area (Å²) in [5.74, 6) is 0.359. The van der Waals surface area contributed by atoms with E-state index in [-0.39, 0.29) is 53.3 Å². The predicted molar refractivity (Wildman–Crippen MR) is 193 cm³/mol. The van der Waals surface area contributed by atoms with Crippen LogP contribution in [-0.2, 0) is 21.3 Å². The number of fused-ring (bicyclic) bond motifs is 1. The molecule has 0 aliphatic carbocycles. The van der Waals surface area contributed by atoms with Crippen LogP contribution in [0.5, 0.6) is 11.5 Å². The van der Waals surface area contributed by atoms with Gasteiger partial charge in [-0.3, -0.25) is 14.4 Å². The summed E-state index contributed by atoms with van der Waals surface area (Å²) in [6, 6.07) is 15.8. The van der Waals surface area contributed by atoms with Crippen molar-refractivity contribution in [2.24, 2.45) is 5.92 Å². The predicted octanol–water partition coefficient (Wildman–Crippen LogP) is 6.73. The minimum absolute atomic E-state index is 0.0455. The first-order chi connectivity index (χ1) is 23.3. The van der Waals surface area contributed by atoms with Gasteiger partial charge in [0.15, 0.2) is 0 Å². The first-order valence-corrected chi connectivity index (χ1v) is 18.7. The molecule has 13 heteroatoms. The molecule has 0 bridgehead atoms. The van der Waals surface area contributed by atoms with Gasteiger partial charge < -0.3 is 24.2 Å². The van der Waals surface area contributed by atoms with Crippen LogP contribution in [0.15, 0.2) is 65.6 Å². The van der Waals surface area contributed by atoms with Crippen molar-refractivity contribution in [2.45, 2.75) is 69.7 Å². The van der Waals surface area contributed by atoms with Crippen molar-refractivity contribution in [2.75, 3.05) is 45.2 Å². The number of rotatable bonds is 10. The van der Waals surface area contributed by atoms with E-state index in [0.29, 0.717) is 41.2 Å². The van der Waals surface area contributed by atoms with E-state index >= 15 is 0 Å². The van der Waals surface area contributed by atoms with Crippen LogP contribution in [-0.4, -0.2) is 87.9 Å². The number of sulfonamides is 1. The van der Waals surface area contributed by atoms with Crippen LogP contribution in [0.3, 0.4) is 0 Å². The quantitative estimate of drug-likeness (QED) is 0.236. The summed E-state index contributed by atoms with van der Waals surface area (Å²) in [6.45, 7) is 7.53. The minimum atomic E-state index is -3.98. The molecule has 268 valence electrons. The fraction of sp³-hybridized carbons (Fsp3) is 0.472. The van der Waals surface area contributed by atoms with Crippen LogP contribution in [0.4, 0.5) is 5.69 Å². The molecule has 10 nitrogen and oxygen atoms in total. The highest BCUT2D eigenvalue weighted by atomic mass is 35.5. The van der Waals surface area contributed by atoms with Crippen molar-refractivity contribution in [1.29, 1.82) is 0 Å². The van der Waals surface area contributed by atoms with Crippen molar-refractivity contribution in [3.8, 4) is 11.5 Å². The third-order valence-electron chi connectivity index (χ3n) is 8.60. The van der Waals surface area contributed by atoms with Crippen molar-refractivity contribution in [3.63, 3.8) is 0 Å². The lowest BCUT2D eigenvalue weighted by Crippen LogP contribution is -2.47. The molecule has 1 aliphatic rings. The minimum Gasteiger partial charge on any atom is -0.497 e. The summed E-state index contributed by atoms with van der Waals surface area (Å²) in [5.41, 5.74) is 1.41. The van der Waals surface area contributed by atoms with E-state index in [1.54, 1.807) is 42.2 Å². The number of anilines is 1. The molecule has 0 saturated heterocycles. The number of nitrogens with one attached hydrogen (secondary N) is 1. The average Bonchev–Trinajstić information content (AvgIpc) is 3.07. The molecule has 3 aromatic carbocycles. The Morgan fingerprint density at radius 3 is 2.47 bits per heavy atom. The molecule has 3 aromatic rings. The number of hydrogen-bond acceptors (Lipinski definition) is 8. The van der Waals surface area contributed by atoms with Crippen molar-refractivity contribution < 1.29 is 32.5 Å². The van der Waals surface area contributed by atoms with Gasteiger partial charge in [0.25, 0.3) is 15.9 Å². The van der Waals surface area contributed by atoms with Crippen LogP contribution >= 0.6 is 23.2 Å². The summed E-state index contributed by atoms with van der Waals surface area (Å²) in [7, 11) is -0.467. The molecule has 0 saturated carbocycles. The van der Waals surface area contributed by atoms with E-state index in [4.69, 9.17) is 37.4 Å². The third-order valence-corrected chi connectivity index (χ3v) is 10.7. The summed E-state index contributed by atoms with van der Waals surface area (Å²) >= 11 is 12.4. The second kappa shape index (κ2) is 17.7. The fourth-order valence-corrected chi connectivity index (χ4v) is 7.11. The number of ether oxygens (including phenoxy) is 3. The Kier molecular flexibility index (Phi) is 14.0. The Morgan fingerprint density at radius 2 is 1.80 bits per heavy atom. The molecule has 49 heavy (non-hydrogen) atoms. The molecule has 0 spiro atoms. The van der Waals surface area contributed by atoms with Crippen LogP contribution in [0.1, 0.15) is 56.0 Å². The number of hydrogen-bond donors (Lipinski definition) is 2. The van der Waals surface area contributed by atoms with E-state index in [0.717, 1.165) is 24.8 Å². The third kappa shape index (κ3) is 10.7. The van der Waals surface area contributed by atoms with Crippen molar-refractivity contribution >= 4 is 44.8 Å². The summed E-state index contributed by atoms with van der Waals surface area (Å²) in [6.07, 6.45) is 1.98. The largest absolute Gasteiger partial charge is 0.497 e. The maximum Gasteiger partial charge on any atom is 0.261 e. The van der Waals surface area contributed by atoms with Crippen LogP contribution in [0.2, 0.25) is 10.0 Å². The SMILES string of the molecule is COc1ccc(S(=O)(=O)Nc2ccc3c(c2)C(=O)N([C@@H](C)CO)C[C@H](C)[C@H](CN(C)Cc2ccc(Cl)c(Cl)c2)OCCCC[C@@H](C)O3)cc1. The number of nitrogens with zero attached hydrogens (tertiary/aromatic N) is 2. The first-order valence-electron chi connectivity index (χ1n) is 16.4.